The van der Waals surface area contributed by atoms with Crippen LogP contribution < -0.4 is 4.74 Å². The van der Waals surface area contributed by atoms with E-state index >= 15 is 0 Å². The first-order chi connectivity index (χ1) is 8.15. The number of ether oxygens (including phenoxy) is 1. The molecule has 0 aliphatic heterocycles. The average Bonchev–Trinajstić information content (AvgIpc) is 2.80. The van der Waals surface area contributed by atoms with Gasteiger partial charge < -0.3 is 4.74 Å². The SMILES string of the molecule is Cc1ccc(C)c(OCC2(C#N)CCCC2)c1. The van der Waals surface area contributed by atoms with Gasteiger partial charge in [-0.1, -0.05) is 25.0 Å². The Morgan fingerprint density at radius 2 is 2.00 bits per heavy atom. The van der Waals surface area contributed by atoms with Crippen molar-refractivity contribution < 1.29 is 4.74 Å². The summed E-state index contributed by atoms with van der Waals surface area (Å²) in [4.78, 5) is 0. The van der Waals surface area contributed by atoms with Crippen LogP contribution in [0.25, 0.3) is 0 Å². The molecule has 0 atom stereocenters. The highest BCUT2D eigenvalue weighted by molar-refractivity contribution is 5.36. The summed E-state index contributed by atoms with van der Waals surface area (Å²) in [6.07, 6.45) is 4.27. The molecule has 0 radical (unpaired) electrons. The van der Waals surface area contributed by atoms with Crippen LogP contribution in [0, 0.1) is 30.6 Å². The molecule has 2 nitrogen and oxygen atoms in total. The molecular formula is C15H19NO. The Balaban J connectivity index is 2.07. The highest BCUT2D eigenvalue weighted by Gasteiger charge is 2.34. The standard InChI is InChI=1S/C15H19NO/c1-12-5-6-13(2)14(9-12)17-11-15(10-16)7-3-4-8-15/h5-6,9H,3-4,7-8,11H2,1-2H3. The molecule has 0 N–H and O–H groups in total. The van der Waals surface area contributed by atoms with Gasteiger partial charge in [-0.25, -0.2) is 0 Å². The van der Waals surface area contributed by atoms with E-state index in [2.05, 4.69) is 31.2 Å². The highest BCUT2D eigenvalue weighted by atomic mass is 16.5. The first-order valence-electron chi connectivity index (χ1n) is 6.27. The number of nitrogens with zero attached hydrogens (tertiary/aromatic N) is 1. The van der Waals surface area contributed by atoms with Crippen molar-refractivity contribution in [1.82, 2.24) is 0 Å². The number of benzene rings is 1. The third kappa shape index (κ3) is 2.61. The number of hydrogen-bond donors (Lipinski definition) is 0. The summed E-state index contributed by atoms with van der Waals surface area (Å²) >= 11 is 0. The Labute approximate surface area is 103 Å². The van der Waals surface area contributed by atoms with Crippen molar-refractivity contribution in [2.75, 3.05) is 6.61 Å². The monoisotopic (exact) mass is 229 g/mol. The molecule has 1 fully saturated rings. The Kier molecular flexibility index (Phi) is 3.38. The maximum Gasteiger partial charge on any atom is 0.122 e. The fourth-order valence-corrected chi connectivity index (χ4v) is 2.42. The predicted octanol–water partition coefficient (Wildman–Crippen LogP) is 3.77. The summed E-state index contributed by atoms with van der Waals surface area (Å²) in [6.45, 7) is 4.64. The van der Waals surface area contributed by atoms with Crippen LogP contribution in [0.2, 0.25) is 0 Å². The molecule has 1 aromatic rings. The topological polar surface area (TPSA) is 33.0 Å². The van der Waals surface area contributed by atoms with Crippen molar-refractivity contribution in [1.29, 1.82) is 5.26 Å². The summed E-state index contributed by atoms with van der Waals surface area (Å²) in [6, 6.07) is 8.66. The summed E-state index contributed by atoms with van der Waals surface area (Å²) in [7, 11) is 0. The summed E-state index contributed by atoms with van der Waals surface area (Å²) in [5.41, 5.74) is 2.10. The van der Waals surface area contributed by atoms with Crippen LogP contribution in [0.4, 0.5) is 0 Å². The van der Waals surface area contributed by atoms with Gasteiger partial charge in [0.25, 0.3) is 0 Å². The van der Waals surface area contributed by atoms with Gasteiger partial charge >= 0.3 is 0 Å². The van der Waals surface area contributed by atoms with Crippen molar-refractivity contribution >= 4 is 0 Å². The molecule has 0 aromatic heterocycles. The fourth-order valence-electron chi connectivity index (χ4n) is 2.42. The van der Waals surface area contributed by atoms with Crippen LogP contribution >= 0.6 is 0 Å². The fraction of sp³-hybridized carbons (Fsp3) is 0.533. The van der Waals surface area contributed by atoms with E-state index < -0.39 is 0 Å². The molecule has 2 heteroatoms. The van der Waals surface area contributed by atoms with E-state index in [1.807, 2.05) is 6.92 Å². The lowest BCUT2D eigenvalue weighted by atomic mass is 9.89. The number of rotatable bonds is 3. The van der Waals surface area contributed by atoms with E-state index in [1.165, 1.54) is 5.56 Å². The molecule has 1 aliphatic rings. The lowest BCUT2D eigenvalue weighted by Gasteiger charge is -2.21. The van der Waals surface area contributed by atoms with E-state index in [1.54, 1.807) is 0 Å². The van der Waals surface area contributed by atoms with Gasteiger partial charge in [-0.05, 0) is 43.9 Å². The van der Waals surface area contributed by atoms with E-state index in [0.717, 1.165) is 37.0 Å². The van der Waals surface area contributed by atoms with Crippen molar-refractivity contribution in [2.45, 2.75) is 39.5 Å². The Morgan fingerprint density at radius 3 is 2.65 bits per heavy atom. The second-order valence-electron chi connectivity index (χ2n) is 5.16. The zero-order chi connectivity index (χ0) is 12.3. The van der Waals surface area contributed by atoms with Gasteiger partial charge in [0.2, 0.25) is 0 Å². The largest absolute Gasteiger partial charge is 0.492 e. The van der Waals surface area contributed by atoms with Gasteiger partial charge in [-0.2, -0.15) is 5.26 Å². The minimum absolute atomic E-state index is 0.240. The molecule has 2 rings (SSSR count). The highest BCUT2D eigenvalue weighted by Crippen LogP contribution is 2.38. The minimum Gasteiger partial charge on any atom is -0.492 e. The zero-order valence-electron chi connectivity index (χ0n) is 10.6. The summed E-state index contributed by atoms with van der Waals surface area (Å²) < 4.78 is 5.87. The van der Waals surface area contributed by atoms with Gasteiger partial charge in [-0.3, -0.25) is 0 Å². The lowest BCUT2D eigenvalue weighted by molar-refractivity contribution is 0.200. The van der Waals surface area contributed by atoms with Crippen LogP contribution in [0.15, 0.2) is 18.2 Å². The third-order valence-corrected chi connectivity index (χ3v) is 3.65. The molecule has 90 valence electrons. The van der Waals surface area contributed by atoms with Crippen LogP contribution in [-0.2, 0) is 0 Å². The number of nitriles is 1. The molecule has 1 aliphatic carbocycles. The van der Waals surface area contributed by atoms with Crippen molar-refractivity contribution in [3.63, 3.8) is 0 Å². The van der Waals surface area contributed by atoms with Crippen LogP contribution in [0.3, 0.4) is 0 Å². The molecule has 0 bridgehead atoms. The van der Waals surface area contributed by atoms with Crippen molar-refractivity contribution in [3.8, 4) is 11.8 Å². The molecule has 17 heavy (non-hydrogen) atoms. The van der Waals surface area contributed by atoms with Crippen LogP contribution in [-0.4, -0.2) is 6.61 Å². The number of hydrogen-bond acceptors (Lipinski definition) is 2. The number of aryl methyl sites for hydroxylation is 2. The van der Waals surface area contributed by atoms with E-state index in [4.69, 9.17) is 4.74 Å². The summed E-state index contributed by atoms with van der Waals surface area (Å²) in [5, 5.41) is 9.29. The Bertz CT molecular complexity index is 439. The minimum atomic E-state index is -0.240. The molecule has 0 heterocycles. The average molecular weight is 229 g/mol. The maximum atomic E-state index is 9.29. The molecule has 0 saturated heterocycles. The first kappa shape index (κ1) is 12.0. The Hall–Kier alpha value is -1.49. The smallest absolute Gasteiger partial charge is 0.122 e. The summed E-state index contributed by atoms with van der Waals surface area (Å²) in [5.74, 6) is 0.923. The van der Waals surface area contributed by atoms with Crippen molar-refractivity contribution in [2.24, 2.45) is 5.41 Å². The van der Waals surface area contributed by atoms with Gasteiger partial charge in [0, 0.05) is 0 Å². The second kappa shape index (κ2) is 4.79. The van der Waals surface area contributed by atoms with Gasteiger partial charge in [-0.15, -0.1) is 0 Å². The van der Waals surface area contributed by atoms with E-state index in [9.17, 15) is 5.26 Å². The molecule has 0 unspecified atom stereocenters. The predicted molar refractivity (Wildman–Crippen MR) is 67.9 cm³/mol. The van der Waals surface area contributed by atoms with E-state index in [0.29, 0.717) is 6.61 Å². The van der Waals surface area contributed by atoms with Gasteiger partial charge in [0.15, 0.2) is 0 Å². The van der Waals surface area contributed by atoms with Gasteiger partial charge in [0.1, 0.15) is 12.4 Å². The lowest BCUT2D eigenvalue weighted by Crippen LogP contribution is -2.23. The molecule has 0 spiro atoms. The quantitative estimate of drug-likeness (QED) is 0.790. The normalized spacial score (nSPS) is 17.7. The third-order valence-electron chi connectivity index (χ3n) is 3.65. The maximum absolute atomic E-state index is 9.29. The zero-order valence-corrected chi connectivity index (χ0v) is 10.6. The molecule has 1 saturated carbocycles. The van der Waals surface area contributed by atoms with Crippen LogP contribution in [0.5, 0.6) is 5.75 Å². The van der Waals surface area contributed by atoms with Crippen LogP contribution in [0.1, 0.15) is 36.8 Å². The van der Waals surface area contributed by atoms with E-state index in [-0.39, 0.29) is 5.41 Å². The first-order valence-corrected chi connectivity index (χ1v) is 6.27. The molecular weight excluding hydrogens is 210 g/mol. The van der Waals surface area contributed by atoms with Gasteiger partial charge in [0.05, 0.1) is 11.5 Å². The van der Waals surface area contributed by atoms with Crippen molar-refractivity contribution in [3.05, 3.63) is 29.3 Å². The second-order valence-corrected chi connectivity index (χ2v) is 5.16. The molecule has 0 amide bonds. The Morgan fingerprint density at radius 1 is 1.29 bits per heavy atom. The molecule has 1 aromatic carbocycles.